The zero-order chi connectivity index (χ0) is 11.4. The fraction of sp³-hybridized carbons (Fsp3) is 0.400. The van der Waals surface area contributed by atoms with Gasteiger partial charge in [-0.3, -0.25) is 0 Å². The molecule has 84 valence electrons. The highest BCUT2D eigenvalue weighted by atomic mass is 16.5. The van der Waals surface area contributed by atoms with Gasteiger partial charge in [-0.15, -0.1) is 0 Å². The first-order chi connectivity index (χ1) is 7.13. The molecule has 0 aliphatic heterocycles. The van der Waals surface area contributed by atoms with E-state index in [2.05, 4.69) is 0 Å². The van der Waals surface area contributed by atoms with Gasteiger partial charge in [-0.1, -0.05) is 0 Å². The van der Waals surface area contributed by atoms with E-state index in [0.717, 1.165) is 0 Å². The lowest BCUT2D eigenvalue weighted by atomic mass is 10.1. The molecule has 0 amide bonds. The van der Waals surface area contributed by atoms with Crippen LogP contribution in [-0.4, -0.2) is 25.9 Å². The van der Waals surface area contributed by atoms with Crippen molar-refractivity contribution in [1.29, 1.82) is 0 Å². The second-order valence-electron chi connectivity index (χ2n) is 3.11. The Balaban J connectivity index is 3.23. The molecule has 1 rings (SSSR count). The summed E-state index contributed by atoms with van der Waals surface area (Å²) in [6.45, 7) is 0.240. The second kappa shape index (κ2) is 4.86. The van der Waals surface area contributed by atoms with Gasteiger partial charge in [-0.25, -0.2) is 0 Å². The molecule has 1 atom stereocenters. The maximum absolute atomic E-state index is 9.79. The van der Waals surface area contributed by atoms with Crippen LogP contribution in [0.1, 0.15) is 11.6 Å². The Labute approximate surface area is 88.6 Å². The zero-order valence-electron chi connectivity index (χ0n) is 8.86. The lowest BCUT2D eigenvalue weighted by molar-refractivity contribution is 0.359. The van der Waals surface area contributed by atoms with Crippen molar-refractivity contribution < 1.29 is 14.6 Å². The van der Waals surface area contributed by atoms with Crippen LogP contribution in [0.25, 0.3) is 0 Å². The molecule has 5 nitrogen and oxygen atoms in total. The fourth-order valence-electron chi connectivity index (χ4n) is 1.29. The highest BCUT2D eigenvalue weighted by Crippen LogP contribution is 2.36. The van der Waals surface area contributed by atoms with Crippen LogP contribution in [-0.2, 0) is 0 Å². The van der Waals surface area contributed by atoms with E-state index in [-0.39, 0.29) is 12.3 Å². The highest BCUT2D eigenvalue weighted by Gasteiger charge is 2.15. The maximum Gasteiger partial charge on any atom is 0.164 e. The summed E-state index contributed by atoms with van der Waals surface area (Å²) >= 11 is 0. The Kier molecular flexibility index (Phi) is 3.76. The number of ether oxygens (including phenoxy) is 2. The smallest absolute Gasteiger partial charge is 0.164 e. The summed E-state index contributed by atoms with van der Waals surface area (Å²) in [6.07, 6.45) is 0. The van der Waals surface area contributed by atoms with Gasteiger partial charge >= 0.3 is 0 Å². The van der Waals surface area contributed by atoms with E-state index in [1.54, 1.807) is 12.1 Å². The van der Waals surface area contributed by atoms with Crippen molar-refractivity contribution in [3.8, 4) is 17.2 Å². The predicted octanol–water partition coefficient (Wildman–Crippen LogP) is 0.368. The number of benzene rings is 1. The molecule has 1 aromatic rings. The van der Waals surface area contributed by atoms with E-state index < -0.39 is 6.04 Å². The quantitative estimate of drug-likeness (QED) is 0.670. The molecule has 0 fully saturated rings. The molecule has 0 aromatic heterocycles. The Morgan fingerprint density at radius 3 is 2.47 bits per heavy atom. The fourth-order valence-corrected chi connectivity index (χ4v) is 1.29. The minimum absolute atomic E-state index is 0.0104. The van der Waals surface area contributed by atoms with Gasteiger partial charge in [0, 0.05) is 24.2 Å². The second-order valence-corrected chi connectivity index (χ2v) is 3.11. The molecular formula is C10H16N2O3. The normalized spacial score (nSPS) is 12.3. The molecule has 15 heavy (non-hydrogen) atoms. The summed E-state index contributed by atoms with van der Waals surface area (Å²) in [6, 6.07) is 2.80. The maximum atomic E-state index is 9.79. The average molecular weight is 212 g/mol. The number of nitrogens with two attached hydrogens (primary N) is 2. The van der Waals surface area contributed by atoms with E-state index >= 15 is 0 Å². The van der Waals surface area contributed by atoms with Gasteiger partial charge < -0.3 is 26.0 Å². The third kappa shape index (κ3) is 2.31. The van der Waals surface area contributed by atoms with Gasteiger partial charge in [0.1, 0.15) is 5.75 Å². The van der Waals surface area contributed by atoms with Gasteiger partial charge in [-0.2, -0.15) is 0 Å². The van der Waals surface area contributed by atoms with E-state index in [1.165, 1.54) is 14.2 Å². The summed E-state index contributed by atoms with van der Waals surface area (Å²) in [5.41, 5.74) is 11.7. The van der Waals surface area contributed by atoms with Crippen molar-refractivity contribution in [2.45, 2.75) is 6.04 Å². The molecule has 1 aromatic carbocycles. The highest BCUT2D eigenvalue weighted by molar-refractivity contribution is 5.52. The number of rotatable bonds is 4. The number of aromatic hydroxyl groups is 1. The Morgan fingerprint density at radius 1 is 1.33 bits per heavy atom. The number of phenolic OH excluding ortho intramolecular Hbond substituents is 1. The number of hydrogen-bond acceptors (Lipinski definition) is 5. The summed E-state index contributed by atoms with van der Waals surface area (Å²) in [4.78, 5) is 0. The van der Waals surface area contributed by atoms with Gasteiger partial charge in [-0.05, 0) is 6.07 Å². The van der Waals surface area contributed by atoms with Gasteiger partial charge in [0.15, 0.2) is 11.5 Å². The topological polar surface area (TPSA) is 90.7 Å². The van der Waals surface area contributed by atoms with E-state index in [9.17, 15) is 5.11 Å². The molecule has 0 saturated carbocycles. The molecule has 0 aliphatic carbocycles. The number of hydrogen-bond donors (Lipinski definition) is 3. The first kappa shape index (κ1) is 11.6. The molecular weight excluding hydrogens is 196 g/mol. The summed E-state index contributed by atoms with van der Waals surface area (Å²) in [5, 5.41) is 9.79. The molecule has 0 saturated heterocycles. The Bertz CT molecular complexity index is 342. The number of phenols is 1. The van der Waals surface area contributed by atoms with Crippen LogP contribution < -0.4 is 20.9 Å². The van der Waals surface area contributed by atoms with Crippen LogP contribution >= 0.6 is 0 Å². The first-order valence-corrected chi connectivity index (χ1v) is 4.54. The first-order valence-electron chi connectivity index (χ1n) is 4.54. The van der Waals surface area contributed by atoms with Gasteiger partial charge in [0.25, 0.3) is 0 Å². The summed E-state index contributed by atoms with van der Waals surface area (Å²) in [5.74, 6) is 0.910. The standard InChI is InChI=1S/C10H16N2O3/c1-14-6-3-7(8(12)5-11)10(13)9(4-6)15-2/h3-4,8,13H,5,11-12H2,1-2H3/t8-/m1/s1. The summed E-state index contributed by atoms with van der Waals surface area (Å²) < 4.78 is 10.1. The van der Waals surface area contributed by atoms with Crippen molar-refractivity contribution in [2.75, 3.05) is 20.8 Å². The molecule has 0 spiro atoms. The van der Waals surface area contributed by atoms with Crippen LogP contribution in [0, 0.1) is 0 Å². The molecule has 5 N–H and O–H groups in total. The van der Waals surface area contributed by atoms with Gasteiger partial charge in [0.05, 0.1) is 14.2 Å². The largest absolute Gasteiger partial charge is 0.504 e. The number of methoxy groups -OCH3 is 2. The van der Waals surface area contributed by atoms with E-state index in [4.69, 9.17) is 20.9 Å². The van der Waals surface area contributed by atoms with E-state index in [0.29, 0.717) is 17.1 Å². The minimum atomic E-state index is -0.436. The lowest BCUT2D eigenvalue weighted by Gasteiger charge is -2.15. The van der Waals surface area contributed by atoms with Crippen molar-refractivity contribution in [2.24, 2.45) is 11.5 Å². The summed E-state index contributed by atoms with van der Waals surface area (Å²) in [7, 11) is 3.00. The van der Waals surface area contributed by atoms with Crippen LogP contribution in [0.4, 0.5) is 0 Å². The zero-order valence-corrected chi connectivity index (χ0v) is 8.86. The van der Waals surface area contributed by atoms with Crippen molar-refractivity contribution in [3.05, 3.63) is 17.7 Å². The molecule has 0 radical (unpaired) electrons. The third-order valence-electron chi connectivity index (χ3n) is 2.19. The monoisotopic (exact) mass is 212 g/mol. The third-order valence-corrected chi connectivity index (χ3v) is 2.19. The van der Waals surface area contributed by atoms with Crippen molar-refractivity contribution in [1.82, 2.24) is 0 Å². The SMILES string of the molecule is COc1cc(OC)c(O)c([C@H](N)CN)c1. The van der Waals surface area contributed by atoms with Crippen LogP contribution in [0.5, 0.6) is 17.2 Å². The van der Waals surface area contributed by atoms with Crippen LogP contribution in [0.3, 0.4) is 0 Å². The van der Waals surface area contributed by atoms with Crippen molar-refractivity contribution >= 4 is 0 Å². The van der Waals surface area contributed by atoms with Crippen LogP contribution in [0.15, 0.2) is 12.1 Å². The Hall–Kier alpha value is -1.46. The lowest BCUT2D eigenvalue weighted by Crippen LogP contribution is -2.21. The molecule has 5 heteroatoms. The van der Waals surface area contributed by atoms with Crippen LogP contribution in [0.2, 0.25) is 0 Å². The predicted molar refractivity (Wildman–Crippen MR) is 57.2 cm³/mol. The molecule has 0 aliphatic rings. The molecule has 0 heterocycles. The average Bonchev–Trinajstić information content (AvgIpc) is 2.28. The molecule has 0 unspecified atom stereocenters. The van der Waals surface area contributed by atoms with Crippen molar-refractivity contribution in [3.63, 3.8) is 0 Å². The van der Waals surface area contributed by atoms with Gasteiger partial charge in [0.2, 0.25) is 0 Å². The van der Waals surface area contributed by atoms with E-state index in [1.807, 2.05) is 0 Å². The Morgan fingerprint density at radius 2 is 2.00 bits per heavy atom. The molecule has 0 bridgehead atoms. The minimum Gasteiger partial charge on any atom is -0.504 e.